The molecule has 3 aliphatic rings. The van der Waals surface area contributed by atoms with Crippen molar-refractivity contribution in [3.05, 3.63) is 70.5 Å². The van der Waals surface area contributed by atoms with Crippen LogP contribution in [-0.2, 0) is 6.42 Å². The lowest BCUT2D eigenvalue weighted by Crippen LogP contribution is -2.44. The minimum absolute atomic E-state index is 0.0819. The molecular weight excluding hydrogens is 351 g/mol. The normalized spacial score (nSPS) is 35.3. The number of phenols is 1. The summed E-state index contributed by atoms with van der Waals surface area (Å²) in [5, 5.41) is 21.0. The van der Waals surface area contributed by atoms with Crippen LogP contribution in [0.5, 0.6) is 5.75 Å². The largest absolute Gasteiger partial charge is 0.508 e. The van der Waals surface area contributed by atoms with Gasteiger partial charge in [-0.15, -0.1) is 0 Å². The van der Waals surface area contributed by atoms with Gasteiger partial charge in [0, 0.05) is 5.41 Å². The maximum atomic E-state index is 13.2. The van der Waals surface area contributed by atoms with Crippen molar-refractivity contribution in [2.24, 2.45) is 17.3 Å². The molecule has 5 rings (SSSR count). The van der Waals surface area contributed by atoms with E-state index < -0.39 is 6.10 Å². The molecule has 0 unspecified atom stereocenters. The zero-order valence-electron chi connectivity index (χ0n) is 16.2. The van der Waals surface area contributed by atoms with Crippen molar-refractivity contribution in [3.8, 4) is 5.75 Å². The lowest BCUT2D eigenvalue weighted by molar-refractivity contribution is -0.0158. The molecule has 5 atom stereocenters. The Bertz CT molecular complexity index is 932. The van der Waals surface area contributed by atoms with Gasteiger partial charge < -0.3 is 10.2 Å². The van der Waals surface area contributed by atoms with Crippen LogP contribution in [0, 0.1) is 23.1 Å². The van der Waals surface area contributed by atoms with Crippen molar-refractivity contribution < 1.29 is 14.6 Å². The molecule has 0 amide bonds. The molecule has 3 aliphatic carbocycles. The molecule has 2 aromatic carbocycles. The molecule has 0 heterocycles. The Labute approximate surface area is 165 Å². The zero-order chi connectivity index (χ0) is 19.5. The van der Waals surface area contributed by atoms with E-state index in [0.717, 1.165) is 43.2 Å². The number of fused-ring (bicyclic) bond motifs is 5. The molecule has 2 nitrogen and oxygen atoms in total. The van der Waals surface area contributed by atoms with E-state index in [4.69, 9.17) is 0 Å². The third-order valence-corrected chi connectivity index (χ3v) is 7.80. The van der Waals surface area contributed by atoms with Crippen LogP contribution in [-0.4, -0.2) is 16.3 Å². The first-order valence-electron chi connectivity index (χ1n) is 10.4. The Balaban J connectivity index is 1.47. The van der Waals surface area contributed by atoms with Crippen molar-refractivity contribution in [2.75, 3.05) is 0 Å². The third-order valence-electron chi connectivity index (χ3n) is 7.80. The van der Waals surface area contributed by atoms with Crippen LogP contribution in [0.15, 0.2) is 48.0 Å². The fourth-order valence-corrected chi connectivity index (χ4v) is 6.34. The summed E-state index contributed by atoms with van der Waals surface area (Å²) in [6.07, 6.45) is 6.80. The monoisotopic (exact) mass is 378 g/mol. The average Bonchev–Trinajstić information content (AvgIpc) is 2.94. The molecule has 0 spiro atoms. The molecule has 2 aromatic rings. The van der Waals surface area contributed by atoms with Crippen molar-refractivity contribution in [1.29, 1.82) is 0 Å². The van der Waals surface area contributed by atoms with Crippen molar-refractivity contribution in [2.45, 2.75) is 51.0 Å². The highest BCUT2D eigenvalue weighted by molar-refractivity contribution is 5.55. The Kier molecular flexibility index (Phi) is 4.13. The first kappa shape index (κ1) is 17.9. The highest BCUT2D eigenvalue weighted by atomic mass is 19.1. The summed E-state index contributed by atoms with van der Waals surface area (Å²) >= 11 is 0. The topological polar surface area (TPSA) is 40.5 Å². The van der Waals surface area contributed by atoms with Crippen LogP contribution in [0.3, 0.4) is 0 Å². The van der Waals surface area contributed by atoms with Gasteiger partial charge in [-0.25, -0.2) is 4.39 Å². The van der Waals surface area contributed by atoms with Gasteiger partial charge in [-0.3, -0.25) is 0 Å². The Morgan fingerprint density at radius 3 is 2.68 bits per heavy atom. The van der Waals surface area contributed by atoms with Gasteiger partial charge in [0.05, 0.1) is 6.10 Å². The van der Waals surface area contributed by atoms with Crippen LogP contribution >= 0.6 is 0 Å². The Hall–Kier alpha value is -2.13. The minimum Gasteiger partial charge on any atom is -0.508 e. The van der Waals surface area contributed by atoms with E-state index in [1.54, 1.807) is 12.1 Å². The van der Waals surface area contributed by atoms with Crippen LogP contribution < -0.4 is 0 Å². The SMILES string of the molecule is C[C@]12CC[C@@H]3c4ccc(O)cc4CC[C@H]3[C@@H]1C/C(=C\c1ccc(F)cc1)[C@@H]2O. The van der Waals surface area contributed by atoms with Gasteiger partial charge in [-0.2, -0.15) is 0 Å². The maximum Gasteiger partial charge on any atom is 0.123 e. The number of hydrogen-bond donors (Lipinski definition) is 2. The van der Waals surface area contributed by atoms with Crippen LogP contribution in [0.1, 0.15) is 55.2 Å². The highest BCUT2D eigenvalue weighted by Crippen LogP contribution is 2.62. The van der Waals surface area contributed by atoms with E-state index in [1.165, 1.54) is 23.3 Å². The van der Waals surface area contributed by atoms with Crippen LogP contribution in [0.2, 0.25) is 0 Å². The minimum atomic E-state index is -0.426. The standard InChI is InChI=1S/C25H27FO2/c1-25-11-10-21-20-9-7-19(27)13-16(20)4-8-22(21)23(25)14-17(24(25)28)12-15-2-5-18(26)6-3-15/h2-3,5-7,9,12-13,21-24,27-28H,4,8,10-11,14H2,1H3/b17-12+/t21-,22-,23+,24+,25+/m1/s1. The molecular formula is C25H27FO2. The number of halogens is 1. The van der Waals surface area contributed by atoms with E-state index in [9.17, 15) is 14.6 Å². The molecule has 146 valence electrons. The molecule has 0 radical (unpaired) electrons. The average molecular weight is 378 g/mol. The van der Waals surface area contributed by atoms with E-state index in [2.05, 4.69) is 19.1 Å². The van der Waals surface area contributed by atoms with E-state index in [-0.39, 0.29) is 11.2 Å². The molecule has 2 N–H and O–H groups in total. The molecule has 2 saturated carbocycles. The summed E-state index contributed by atoms with van der Waals surface area (Å²) in [6, 6.07) is 12.4. The third kappa shape index (κ3) is 2.71. The summed E-state index contributed by atoms with van der Waals surface area (Å²) in [5.41, 5.74) is 4.67. The number of aliphatic hydroxyl groups is 1. The summed E-state index contributed by atoms with van der Waals surface area (Å²) < 4.78 is 13.2. The first-order chi connectivity index (χ1) is 13.5. The fourth-order valence-electron chi connectivity index (χ4n) is 6.34. The smallest absolute Gasteiger partial charge is 0.123 e. The quantitative estimate of drug-likeness (QED) is 0.693. The number of aliphatic hydroxyl groups excluding tert-OH is 1. The van der Waals surface area contributed by atoms with E-state index in [1.807, 2.05) is 12.1 Å². The molecule has 2 fully saturated rings. The number of benzene rings is 2. The first-order valence-corrected chi connectivity index (χ1v) is 10.4. The molecule has 0 aromatic heterocycles. The van der Waals surface area contributed by atoms with Gasteiger partial charge in [-0.1, -0.05) is 31.2 Å². The summed E-state index contributed by atoms with van der Waals surface area (Å²) in [7, 11) is 0. The fraction of sp³-hybridized carbons (Fsp3) is 0.440. The second-order valence-corrected chi connectivity index (χ2v) is 9.22. The number of rotatable bonds is 1. The van der Waals surface area contributed by atoms with Gasteiger partial charge in [-0.05, 0) is 96.4 Å². The Morgan fingerprint density at radius 2 is 1.89 bits per heavy atom. The van der Waals surface area contributed by atoms with Crippen molar-refractivity contribution in [1.82, 2.24) is 0 Å². The summed E-state index contributed by atoms with van der Waals surface area (Å²) in [6.45, 7) is 2.26. The molecule has 0 aliphatic heterocycles. The number of aromatic hydroxyl groups is 1. The second kappa shape index (κ2) is 6.45. The second-order valence-electron chi connectivity index (χ2n) is 9.22. The van der Waals surface area contributed by atoms with Gasteiger partial charge in [0.15, 0.2) is 0 Å². The van der Waals surface area contributed by atoms with Crippen molar-refractivity contribution in [3.63, 3.8) is 0 Å². The number of aryl methyl sites for hydroxylation is 1. The number of phenolic OH excluding ortho intramolecular Hbond substituents is 1. The molecule has 28 heavy (non-hydrogen) atoms. The van der Waals surface area contributed by atoms with Crippen LogP contribution in [0.25, 0.3) is 6.08 Å². The predicted molar refractivity (Wildman–Crippen MR) is 108 cm³/mol. The van der Waals surface area contributed by atoms with Crippen molar-refractivity contribution >= 4 is 6.08 Å². The predicted octanol–water partition coefficient (Wildman–Crippen LogP) is 5.44. The molecule has 0 saturated heterocycles. The van der Waals surface area contributed by atoms with Gasteiger partial charge in [0.2, 0.25) is 0 Å². The summed E-state index contributed by atoms with van der Waals surface area (Å²) in [5.74, 6) is 1.70. The van der Waals surface area contributed by atoms with E-state index in [0.29, 0.717) is 23.5 Å². The molecule has 3 heteroatoms. The van der Waals surface area contributed by atoms with E-state index >= 15 is 0 Å². The number of hydrogen-bond acceptors (Lipinski definition) is 2. The maximum absolute atomic E-state index is 13.2. The van der Waals surface area contributed by atoms with Gasteiger partial charge in [0.1, 0.15) is 11.6 Å². The Morgan fingerprint density at radius 1 is 1.11 bits per heavy atom. The summed E-state index contributed by atoms with van der Waals surface area (Å²) in [4.78, 5) is 0. The zero-order valence-corrected chi connectivity index (χ0v) is 16.2. The lowest BCUT2D eigenvalue weighted by Gasteiger charge is -2.49. The van der Waals surface area contributed by atoms with Crippen LogP contribution in [0.4, 0.5) is 4.39 Å². The molecule has 0 bridgehead atoms. The highest BCUT2D eigenvalue weighted by Gasteiger charge is 2.56. The van der Waals surface area contributed by atoms with Gasteiger partial charge >= 0.3 is 0 Å². The lowest BCUT2D eigenvalue weighted by atomic mass is 9.55. The van der Waals surface area contributed by atoms with Gasteiger partial charge in [0.25, 0.3) is 0 Å².